The molecule has 0 heterocycles. The third kappa shape index (κ3) is 4.18. The second-order valence-corrected chi connectivity index (χ2v) is 6.94. The Morgan fingerprint density at radius 3 is 1.50 bits per heavy atom. The molecule has 0 heteroatoms. The predicted octanol–water partition coefficient (Wildman–Crippen LogP) is 8.84. The third-order valence-corrected chi connectivity index (χ3v) is 5.03. The van der Waals surface area contributed by atoms with E-state index in [-0.39, 0.29) is 0 Å². The molecule has 3 rings (SSSR count). The maximum atomic E-state index is 3.94. The quantitative estimate of drug-likeness (QED) is 0.280. The van der Waals surface area contributed by atoms with E-state index in [1.165, 1.54) is 38.2 Å². The smallest absolute Gasteiger partial charge is 0.00264 e. The molecule has 0 spiro atoms. The molecule has 0 amide bonds. The second kappa shape index (κ2) is 10.2. The summed E-state index contributed by atoms with van der Waals surface area (Å²) in [4.78, 5) is 0. The van der Waals surface area contributed by atoms with Crippen molar-refractivity contribution in [2.45, 2.75) is 13.8 Å². The van der Waals surface area contributed by atoms with Crippen LogP contribution in [0, 0.1) is 0 Å². The summed E-state index contributed by atoms with van der Waals surface area (Å²) in [5.74, 6) is 0. The van der Waals surface area contributed by atoms with Crippen molar-refractivity contribution in [2.24, 2.45) is 0 Å². The highest BCUT2D eigenvalue weighted by molar-refractivity contribution is 6.17. The Labute approximate surface area is 180 Å². The van der Waals surface area contributed by atoms with Crippen LogP contribution in [0.1, 0.15) is 25.0 Å². The topological polar surface area (TPSA) is 0 Å². The normalized spacial score (nSPS) is 13.3. The minimum atomic E-state index is 1.12. The molecule has 148 valence electrons. The van der Waals surface area contributed by atoms with Crippen LogP contribution in [-0.4, -0.2) is 0 Å². The molecule has 3 aromatic carbocycles. The lowest BCUT2D eigenvalue weighted by molar-refractivity contribution is 1.65. The Bertz CT molecular complexity index is 1110. The van der Waals surface area contributed by atoms with Gasteiger partial charge in [0, 0.05) is 0 Å². The lowest BCUT2D eigenvalue weighted by Gasteiger charge is -2.18. The molecule has 0 N–H and O–H groups in total. The van der Waals surface area contributed by atoms with E-state index in [0.29, 0.717) is 0 Å². The zero-order valence-corrected chi connectivity index (χ0v) is 17.8. The molecule has 30 heavy (non-hydrogen) atoms. The highest BCUT2D eigenvalue weighted by Gasteiger charge is 2.16. The van der Waals surface area contributed by atoms with E-state index in [0.717, 1.165) is 5.57 Å². The fraction of sp³-hybridized carbons (Fsp3) is 0.0667. The van der Waals surface area contributed by atoms with Gasteiger partial charge in [0.15, 0.2) is 0 Å². The van der Waals surface area contributed by atoms with Crippen LogP contribution in [0.3, 0.4) is 0 Å². The van der Waals surface area contributed by atoms with Crippen molar-refractivity contribution in [2.75, 3.05) is 0 Å². The van der Waals surface area contributed by atoms with Crippen LogP contribution in [-0.2, 0) is 0 Å². The zero-order chi connectivity index (χ0) is 21.3. The van der Waals surface area contributed by atoms with E-state index in [1.54, 1.807) is 6.08 Å². The fourth-order valence-electron chi connectivity index (χ4n) is 3.87. The van der Waals surface area contributed by atoms with Gasteiger partial charge in [-0.05, 0) is 57.7 Å². The van der Waals surface area contributed by atoms with Gasteiger partial charge in [-0.25, -0.2) is 0 Å². The molecule has 0 aliphatic heterocycles. The molecular weight excluding hydrogens is 360 g/mol. The average molecular weight is 389 g/mol. The van der Waals surface area contributed by atoms with Gasteiger partial charge in [0.1, 0.15) is 0 Å². The first-order valence-electron chi connectivity index (χ1n) is 10.3. The van der Waals surface area contributed by atoms with Crippen LogP contribution in [0.5, 0.6) is 0 Å². The summed E-state index contributed by atoms with van der Waals surface area (Å²) in [7, 11) is 0. The molecule has 0 fully saturated rings. The number of benzene rings is 3. The van der Waals surface area contributed by atoms with Crippen molar-refractivity contribution in [3.8, 4) is 0 Å². The van der Waals surface area contributed by atoms with Crippen molar-refractivity contribution < 1.29 is 0 Å². The van der Waals surface area contributed by atoms with E-state index < -0.39 is 0 Å². The summed E-state index contributed by atoms with van der Waals surface area (Å²) >= 11 is 0. The second-order valence-electron chi connectivity index (χ2n) is 6.94. The Morgan fingerprint density at radius 2 is 1.10 bits per heavy atom. The van der Waals surface area contributed by atoms with Crippen LogP contribution in [0.4, 0.5) is 0 Å². The Kier molecular flexibility index (Phi) is 7.19. The van der Waals surface area contributed by atoms with Crippen molar-refractivity contribution in [3.63, 3.8) is 0 Å². The van der Waals surface area contributed by atoms with E-state index in [9.17, 15) is 0 Å². The van der Waals surface area contributed by atoms with Crippen LogP contribution in [0.2, 0.25) is 0 Å². The molecule has 3 aromatic rings. The summed E-state index contributed by atoms with van der Waals surface area (Å²) in [6, 6.07) is 17.3. The molecule has 0 atom stereocenters. The van der Waals surface area contributed by atoms with Crippen molar-refractivity contribution in [3.05, 3.63) is 134 Å². The lowest BCUT2D eigenvalue weighted by atomic mass is 9.85. The molecule has 0 saturated heterocycles. The molecular formula is C30H28. The summed E-state index contributed by atoms with van der Waals surface area (Å²) in [6.45, 7) is 11.9. The SMILES string of the molecule is C=C/C=C\C(=C/C=C)c1c2ccccc2c(C(/C=C\C)=C/C=C\C)c2ccccc12. The van der Waals surface area contributed by atoms with Gasteiger partial charge in [0.05, 0.1) is 0 Å². The van der Waals surface area contributed by atoms with Gasteiger partial charge in [0.2, 0.25) is 0 Å². The summed E-state index contributed by atoms with van der Waals surface area (Å²) in [6.07, 6.45) is 20.4. The van der Waals surface area contributed by atoms with Crippen molar-refractivity contribution in [1.29, 1.82) is 0 Å². The fourth-order valence-corrected chi connectivity index (χ4v) is 3.87. The number of hydrogen-bond donors (Lipinski definition) is 0. The van der Waals surface area contributed by atoms with Crippen LogP contribution >= 0.6 is 0 Å². The van der Waals surface area contributed by atoms with Crippen molar-refractivity contribution >= 4 is 32.7 Å². The predicted molar refractivity (Wildman–Crippen MR) is 137 cm³/mol. The molecule has 0 saturated carbocycles. The third-order valence-electron chi connectivity index (χ3n) is 5.03. The van der Waals surface area contributed by atoms with Crippen LogP contribution < -0.4 is 0 Å². The van der Waals surface area contributed by atoms with Gasteiger partial charge in [-0.15, -0.1) is 0 Å². The summed E-state index contributed by atoms with van der Waals surface area (Å²) < 4.78 is 0. The maximum Gasteiger partial charge on any atom is -0.00264 e. The van der Waals surface area contributed by atoms with Gasteiger partial charge < -0.3 is 0 Å². The number of hydrogen-bond acceptors (Lipinski definition) is 0. The van der Waals surface area contributed by atoms with Gasteiger partial charge in [0.25, 0.3) is 0 Å². The first kappa shape index (κ1) is 21.1. The summed E-state index contributed by atoms with van der Waals surface area (Å²) in [5, 5.41) is 4.93. The summed E-state index contributed by atoms with van der Waals surface area (Å²) in [5.41, 5.74) is 4.79. The number of allylic oxidation sites excluding steroid dienone is 12. The standard InChI is InChI=1S/C30H28/c1-5-9-17-23(15-7-3)29-25-19-11-13-21-27(25)30(24(16-8-4)18-10-6-2)28-22-14-12-20-26(28)29/h5-22H,1,3H2,2,4H3/b10-6-,16-8-,17-9-,23-15+,24-18+. The molecule has 0 unspecified atom stereocenters. The monoisotopic (exact) mass is 388 g/mol. The molecule has 0 bridgehead atoms. The zero-order valence-electron chi connectivity index (χ0n) is 17.8. The highest BCUT2D eigenvalue weighted by atomic mass is 14.2. The molecule has 0 nitrogen and oxygen atoms in total. The first-order valence-corrected chi connectivity index (χ1v) is 10.3. The number of fused-ring (bicyclic) bond motifs is 2. The Morgan fingerprint density at radius 1 is 0.600 bits per heavy atom. The Hall–Kier alpha value is -3.64. The van der Waals surface area contributed by atoms with E-state index in [2.05, 4.69) is 111 Å². The van der Waals surface area contributed by atoms with Gasteiger partial charge in [-0.1, -0.05) is 122 Å². The van der Waals surface area contributed by atoms with E-state index in [1.807, 2.05) is 19.1 Å². The van der Waals surface area contributed by atoms with Crippen LogP contribution in [0.25, 0.3) is 32.7 Å². The van der Waals surface area contributed by atoms with Gasteiger partial charge in [-0.2, -0.15) is 0 Å². The van der Waals surface area contributed by atoms with Crippen molar-refractivity contribution in [1.82, 2.24) is 0 Å². The van der Waals surface area contributed by atoms with Gasteiger partial charge in [-0.3, -0.25) is 0 Å². The number of rotatable bonds is 7. The maximum absolute atomic E-state index is 3.94. The first-order chi connectivity index (χ1) is 14.8. The molecule has 0 aliphatic carbocycles. The lowest BCUT2D eigenvalue weighted by Crippen LogP contribution is -1.94. The molecule has 0 aliphatic rings. The van der Waals surface area contributed by atoms with Crippen LogP contribution in [0.15, 0.2) is 122 Å². The molecule has 0 aromatic heterocycles. The highest BCUT2D eigenvalue weighted by Crippen LogP contribution is 2.40. The minimum Gasteiger partial charge on any atom is -0.0991 e. The Balaban J connectivity index is 2.56. The van der Waals surface area contributed by atoms with Gasteiger partial charge >= 0.3 is 0 Å². The molecule has 0 radical (unpaired) electrons. The average Bonchev–Trinajstić information content (AvgIpc) is 2.78. The minimum absolute atomic E-state index is 1.12. The van der Waals surface area contributed by atoms with E-state index in [4.69, 9.17) is 0 Å². The largest absolute Gasteiger partial charge is 0.0991 e. The van der Waals surface area contributed by atoms with E-state index >= 15 is 0 Å².